The molecule has 1 aliphatic heterocycles. The van der Waals surface area contributed by atoms with Crippen molar-refractivity contribution in [1.82, 2.24) is 0 Å². The molecule has 1 aromatic heterocycles. The van der Waals surface area contributed by atoms with Crippen molar-refractivity contribution in [3.63, 3.8) is 0 Å². The topological polar surface area (TPSA) is 67.1 Å². The van der Waals surface area contributed by atoms with Gasteiger partial charge in [0.25, 0.3) is 0 Å². The highest BCUT2D eigenvalue weighted by atomic mass is 16.5. The van der Waals surface area contributed by atoms with Gasteiger partial charge >= 0.3 is 5.97 Å². The Kier molecular flexibility index (Phi) is 6.22. The summed E-state index contributed by atoms with van der Waals surface area (Å²) in [6.45, 7) is 0.704. The quantitative estimate of drug-likeness (QED) is 0.262. The largest absolute Gasteiger partial charge is 0.489 e. The van der Waals surface area contributed by atoms with E-state index in [9.17, 15) is 4.79 Å². The van der Waals surface area contributed by atoms with Crippen molar-refractivity contribution >= 4 is 16.7 Å². The van der Waals surface area contributed by atoms with Crippen LogP contribution in [0.1, 0.15) is 52.7 Å². The highest BCUT2D eigenvalue weighted by Crippen LogP contribution is 2.42. The number of hydrogen-bond acceptors (Lipinski definition) is 6. The summed E-state index contributed by atoms with van der Waals surface area (Å²) in [7, 11) is 3.59. The third-order valence-corrected chi connectivity index (χ3v) is 7.92. The van der Waals surface area contributed by atoms with Gasteiger partial charge in [0.2, 0.25) is 0 Å². The molecule has 0 bridgehead atoms. The maximum atomic E-state index is 12.4. The van der Waals surface area contributed by atoms with Crippen molar-refractivity contribution < 1.29 is 28.2 Å². The van der Waals surface area contributed by atoms with Crippen LogP contribution >= 0.6 is 0 Å². The standard InChI is InChI=1S/C31H30O6/c1-33-24-8-11-31(34-2,12-9-24)23-5-3-4-20(14-23)17-36-25-6-7-26-22(15-25)16-27-28(19-37-30(27)32)29(26)21-10-13-35-18-21/h3-7,10,13-16,18,24H,8-9,11-12,17,19H2,1-2H3/t24-,31+. The zero-order valence-corrected chi connectivity index (χ0v) is 21.1. The minimum atomic E-state index is -0.295. The van der Waals surface area contributed by atoms with Gasteiger partial charge in [0.15, 0.2) is 0 Å². The Morgan fingerprint density at radius 1 is 1.03 bits per heavy atom. The Morgan fingerprint density at radius 3 is 2.65 bits per heavy atom. The van der Waals surface area contributed by atoms with Gasteiger partial charge in [0.1, 0.15) is 19.0 Å². The first kappa shape index (κ1) is 23.8. The average Bonchev–Trinajstić information content (AvgIpc) is 3.61. The molecule has 2 heterocycles. The predicted octanol–water partition coefficient (Wildman–Crippen LogP) is 6.78. The fourth-order valence-corrected chi connectivity index (χ4v) is 5.82. The molecule has 0 unspecified atom stereocenters. The van der Waals surface area contributed by atoms with Crippen molar-refractivity contribution in [3.05, 3.63) is 89.4 Å². The second-order valence-electron chi connectivity index (χ2n) is 9.87. The summed E-state index contributed by atoms with van der Waals surface area (Å²) in [6.07, 6.45) is 7.48. The number of ether oxygens (including phenoxy) is 4. The summed E-state index contributed by atoms with van der Waals surface area (Å²) in [4.78, 5) is 12.4. The van der Waals surface area contributed by atoms with Gasteiger partial charge in [0.05, 0.1) is 29.8 Å². The summed E-state index contributed by atoms with van der Waals surface area (Å²) in [6, 6.07) is 18.3. The van der Waals surface area contributed by atoms with Crippen LogP contribution in [-0.2, 0) is 33.0 Å². The minimum Gasteiger partial charge on any atom is -0.489 e. The summed E-state index contributed by atoms with van der Waals surface area (Å²) < 4.78 is 28.5. The molecule has 3 aromatic carbocycles. The number of benzene rings is 3. The van der Waals surface area contributed by atoms with Crippen molar-refractivity contribution in [1.29, 1.82) is 0 Å². The van der Waals surface area contributed by atoms with Crippen LogP contribution in [0.25, 0.3) is 21.9 Å². The first-order valence-corrected chi connectivity index (χ1v) is 12.7. The van der Waals surface area contributed by atoms with Gasteiger partial charge in [0, 0.05) is 30.9 Å². The van der Waals surface area contributed by atoms with Gasteiger partial charge in [-0.1, -0.05) is 24.3 Å². The van der Waals surface area contributed by atoms with Gasteiger partial charge < -0.3 is 23.4 Å². The Morgan fingerprint density at radius 2 is 1.89 bits per heavy atom. The number of furan rings is 1. The Bertz CT molecular complexity index is 1430. The van der Waals surface area contributed by atoms with Crippen LogP contribution in [0, 0.1) is 0 Å². The number of esters is 1. The maximum Gasteiger partial charge on any atom is 0.338 e. The Balaban J connectivity index is 1.26. The van der Waals surface area contributed by atoms with Gasteiger partial charge in [-0.3, -0.25) is 0 Å². The zero-order chi connectivity index (χ0) is 25.4. The van der Waals surface area contributed by atoms with Crippen LogP contribution in [0.5, 0.6) is 5.75 Å². The third-order valence-electron chi connectivity index (χ3n) is 7.92. The molecular formula is C31H30O6. The smallest absolute Gasteiger partial charge is 0.338 e. The van der Waals surface area contributed by atoms with Gasteiger partial charge in [-0.2, -0.15) is 0 Å². The molecular weight excluding hydrogens is 468 g/mol. The minimum absolute atomic E-state index is 0.272. The summed E-state index contributed by atoms with van der Waals surface area (Å²) in [5.41, 5.74) is 5.38. The molecule has 190 valence electrons. The lowest BCUT2D eigenvalue weighted by Gasteiger charge is -2.39. The average molecular weight is 499 g/mol. The first-order valence-electron chi connectivity index (χ1n) is 12.7. The fraction of sp³-hybridized carbons (Fsp3) is 0.323. The monoisotopic (exact) mass is 498 g/mol. The molecule has 6 nitrogen and oxygen atoms in total. The molecule has 37 heavy (non-hydrogen) atoms. The molecule has 0 spiro atoms. The normalized spacial score (nSPS) is 21.1. The molecule has 0 atom stereocenters. The number of fused-ring (bicyclic) bond motifs is 2. The van der Waals surface area contributed by atoms with E-state index in [0.29, 0.717) is 18.3 Å². The van der Waals surface area contributed by atoms with Crippen molar-refractivity contribution in [2.75, 3.05) is 14.2 Å². The summed E-state index contributed by atoms with van der Waals surface area (Å²) >= 11 is 0. The van der Waals surface area contributed by atoms with Crippen LogP contribution in [0.2, 0.25) is 0 Å². The van der Waals surface area contributed by atoms with E-state index >= 15 is 0 Å². The highest BCUT2D eigenvalue weighted by molar-refractivity contribution is 6.07. The third kappa shape index (κ3) is 4.30. The van der Waals surface area contributed by atoms with Crippen molar-refractivity contribution in [3.8, 4) is 16.9 Å². The molecule has 1 fully saturated rings. The number of methoxy groups -OCH3 is 2. The number of carbonyl (C=O) groups excluding carboxylic acids is 1. The summed E-state index contributed by atoms with van der Waals surface area (Å²) in [5, 5.41) is 1.95. The van der Waals surface area contributed by atoms with Crippen LogP contribution in [0.15, 0.2) is 71.5 Å². The molecule has 0 N–H and O–H groups in total. The van der Waals surface area contributed by atoms with Crippen molar-refractivity contribution in [2.24, 2.45) is 0 Å². The van der Waals surface area contributed by atoms with E-state index in [1.165, 1.54) is 5.56 Å². The van der Waals surface area contributed by atoms with E-state index in [-0.39, 0.29) is 18.2 Å². The van der Waals surface area contributed by atoms with Crippen LogP contribution < -0.4 is 4.74 Å². The van der Waals surface area contributed by atoms with E-state index in [2.05, 4.69) is 24.3 Å². The Hall–Kier alpha value is -3.61. The van der Waals surface area contributed by atoms with Crippen molar-refractivity contribution in [2.45, 2.75) is 50.6 Å². The zero-order valence-electron chi connectivity index (χ0n) is 21.1. The van der Waals surface area contributed by atoms with Gasteiger partial charge in [-0.05, 0) is 77.9 Å². The van der Waals surface area contributed by atoms with E-state index in [1.807, 2.05) is 30.3 Å². The van der Waals surface area contributed by atoms with Crippen LogP contribution in [0.3, 0.4) is 0 Å². The number of cyclic esters (lactones) is 1. The lowest BCUT2D eigenvalue weighted by Crippen LogP contribution is -2.36. The molecule has 1 saturated carbocycles. The second-order valence-corrected chi connectivity index (χ2v) is 9.87. The van der Waals surface area contributed by atoms with E-state index in [0.717, 1.165) is 64.5 Å². The van der Waals surface area contributed by atoms with Crippen LogP contribution in [0.4, 0.5) is 0 Å². The lowest BCUT2D eigenvalue weighted by atomic mass is 9.78. The van der Waals surface area contributed by atoms with Gasteiger partial charge in [-0.15, -0.1) is 0 Å². The number of carbonyl (C=O) groups is 1. The molecule has 0 saturated heterocycles. The summed E-state index contributed by atoms with van der Waals surface area (Å²) in [5.74, 6) is 0.445. The number of rotatable bonds is 7. The van der Waals surface area contributed by atoms with E-state index < -0.39 is 0 Å². The highest BCUT2D eigenvalue weighted by Gasteiger charge is 2.37. The molecule has 0 radical (unpaired) electrons. The molecule has 6 heteroatoms. The van der Waals surface area contributed by atoms with Gasteiger partial charge in [-0.25, -0.2) is 4.79 Å². The number of hydrogen-bond donors (Lipinski definition) is 0. The Labute approximate surface area is 216 Å². The second kappa shape index (κ2) is 9.69. The molecule has 2 aliphatic rings. The van der Waals surface area contributed by atoms with E-state index in [1.54, 1.807) is 26.7 Å². The molecule has 0 amide bonds. The SMILES string of the molecule is CO[C@H]1CC[C@](OC)(c2cccc(COc3ccc4c(-c5ccoc5)c5c(cc4c3)C(=O)OC5)c2)CC1. The molecule has 1 aliphatic carbocycles. The first-order chi connectivity index (χ1) is 18.1. The maximum absolute atomic E-state index is 12.4. The molecule has 4 aromatic rings. The van der Waals surface area contributed by atoms with Crippen LogP contribution in [-0.4, -0.2) is 26.3 Å². The molecule has 6 rings (SSSR count). The lowest BCUT2D eigenvalue weighted by molar-refractivity contribution is -0.0762. The fourth-order valence-electron chi connectivity index (χ4n) is 5.82. The van der Waals surface area contributed by atoms with E-state index in [4.69, 9.17) is 23.4 Å². The predicted molar refractivity (Wildman–Crippen MR) is 139 cm³/mol.